The lowest BCUT2D eigenvalue weighted by Crippen LogP contribution is -2.13. The summed E-state index contributed by atoms with van der Waals surface area (Å²) in [4.78, 5) is 8.07. The van der Waals surface area contributed by atoms with Crippen molar-refractivity contribution in [2.75, 3.05) is 29.5 Å². The van der Waals surface area contributed by atoms with Crippen LogP contribution in [0.1, 0.15) is 44.2 Å². The van der Waals surface area contributed by atoms with Gasteiger partial charge in [-0.3, -0.25) is 5.41 Å². The molecule has 1 aromatic heterocycles. The first-order valence-electron chi connectivity index (χ1n) is 12.3. The van der Waals surface area contributed by atoms with Crippen molar-refractivity contribution in [3.05, 3.63) is 89.4 Å². The summed E-state index contributed by atoms with van der Waals surface area (Å²) in [5.41, 5.74) is 7.83. The molecule has 0 saturated heterocycles. The quantitative estimate of drug-likeness (QED) is 0.0964. The zero-order valence-corrected chi connectivity index (χ0v) is 22.0. The lowest BCUT2D eigenvalue weighted by molar-refractivity contribution is -0.137. The summed E-state index contributed by atoms with van der Waals surface area (Å²) in [6, 6.07) is 5.00. The second-order valence-electron chi connectivity index (χ2n) is 8.44. The number of aliphatic hydroxyl groups excluding tert-OH is 1. The van der Waals surface area contributed by atoms with Gasteiger partial charge >= 0.3 is 6.18 Å². The van der Waals surface area contributed by atoms with Crippen molar-refractivity contribution in [3.63, 3.8) is 0 Å². The van der Waals surface area contributed by atoms with Crippen LogP contribution in [-0.2, 0) is 6.18 Å². The Labute approximate surface area is 227 Å². The second kappa shape index (κ2) is 15.1. The van der Waals surface area contributed by atoms with Gasteiger partial charge in [0.25, 0.3) is 0 Å². The molecule has 1 heterocycles. The van der Waals surface area contributed by atoms with Gasteiger partial charge in [0, 0.05) is 31.0 Å². The van der Waals surface area contributed by atoms with E-state index in [1.165, 1.54) is 12.4 Å². The maximum atomic E-state index is 13.2. The lowest BCUT2D eigenvalue weighted by atomic mass is 10.1. The molecule has 0 aliphatic heterocycles. The number of hydrogen-bond donors (Lipinski definition) is 5. The monoisotopic (exact) mass is 538 g/mol. The van der Waals surface area contributed by atoms with E-state index in [-0.39, 0.29) is 30.1 Å². The first-order chi connectivity index (χ1) is 18.6. The highest BCUT2D eigenvalue weighted by atomic mass is 19.4. The van der Waals surface area contributed by atoms with Crippen LogP contribution < -0.4 is 16.4 Å². The van der Waals surface area contributed by atoms with Gasteiger partial charge < -0.3 is 21.5 Å². The molecule has 0 spiro atoms. The summed E-state index contributed by atoms with van der Waals surface area (Å²) >= 11 is 0. The van der Waals surface area contributed by atoms with Crippen LogP contribution in [0.5, 0.6) is 0 Å². The molecule has 0 aliphatic rings. The molecule has 39 heavy (non-hydrogen) atoms. The maximum Gasteiger partial charge on any atom is 0.416 e. The Morgan fingerprint density at radius 2 is 2.00 bits per heavy atom. The van der Waals surface area contributed by atoms with E-state index in [1.807, 2.05) is 32.1 Å². The molecule has 7 nitrogen and oxygen atoms in total. The van der Waals surface area contributed by atoms with E-state index in [0.29, 0.717) is 42.2 Å². The fourth-order valence-electron chi connectivity index (χ4n) is 3.30. The van der Waals surface area contributed by atoms with Crippen molar-refractivity contribution >= 4 is 23.0 Å². The van der Waals surface area contributed by atoms with Gasteiger partial charge in [0.15, 0.2) is 0 Å². The number of aromatic nitrogens is 2. The Kier molecular flexibility index (Phi) is 12.0. The molecule has 2 aromatic rings. The van der Waals surface area contributed by atoms with E-state index < -0.39 is 11.7 Å². The minimum atomic E-state index is -4.45. The summed E-state index contributed by atoms with van der Waals surface area (Å²) in [5.74, 6) is 6.15. The first kappa shape index (κ1) is 30.9. The standard InChI is InChI=1S/C29H33F3N6O/c1-4-9-25(38-23-12-7-11-22(18-23)29(30,31)32)21(15-14-20(2)3)10-5-6-13-24(33)26-27(34)36-19-37-28(26)35-16-8-17-39/h7,9-12,14-15,18-19,33,38-39H,2,4-5,8,16-17H2,1,3H3,(H3,34,35,36,37)/b15-14-,21-10+,25-9+,33-24?. The van der Waals surface area contributed by atoms with E-state index in [0.717, 1.165) is 17.7 Å². The molecule has 2 rings (SSSR count). The Morgan fingerprint density at radius 1 is 1.23 bits per heavy atom. The summed E-state index contributed by atoms with van der Waals surface area (Å²) in [6.07, 6.45) is 5.49. The Hall–Kier alpha value is -4.36. The van der Waals surface area contributed by atoms with Crippen LogP contribution in [0.15, 0.2) is 78.3 Å². The predicted octanol–water partition coefficient (Wildman–Crippen LogP) is 6.10. The topological polar surface area (TPSA) is 120 Å². The number of benzene rings is 1. The summed E-state index contributed by atoms with van der Waals surface area (Å²) in [6.45, 7) is 8.07. The van der Waals surface area contributed by atoms with Gasteiger partial charge in [0.1, 0.15) is 23.7 Å². The SMILES string of the molecule is C=C(C)\C=C/C(=C\CC#CC(=N)c1c(N)ncnc1NCCCO)C(=C\CC)/Nc1cccc(C(F)(F)F)c1. The number of allylic oxidation sites excluding steroid dienone is 5. The highest BCUT2D eigenvalue weighted by Gasteiger charge is 2.30. The van der Waals surface area contributed by atoms with Gasteiger partial charge in [-0.25, -0.2) is 9.97 Å². The molecule has 0 atom stereocenters. The smallest absolute Gasteiger partial charge is 0.396 e. The van der Waals surface area contributed by atoms with E-state index in [9.17, 15) is 13.2 Å². The molecule has 0 bridgehead atoms. The molecule has 206 valence electrons. The zero-order chi connectivity index (χ0) is 28.8. The van der Waals surface area contributed by atoms with Crippen LogP contribution >= 0.6 is 0 Å². The Bertz CT molecular complexity index is 1320. The lowest BCUT2D eigenvalue weighted by Gasteiger charge is -2.15. The largest absolute Gasteiger partial charge is 0.416 e. The first-order valence-corrected chi connectivity index (χ1v) is 12.3. The number of alkyl halides is 3. The van der Waals surface area contributed by atoms with Gasteiger partial charge in [-0.1, -0.05) is 55.4 Å². The molecule has 0 fully saturated rings. The van der Waals surface area contributed by atoms with Crippen LogP contribution in [0, 0.1) is 17.3 Å². The molecular weight excluding hydrogens is 505 g/mol. The van der Waals surface area contributed by atoms with E-state index in [1.54, 1.807) is 12.1 Å². The number of hydrogen-bond acceptors (Lipinski definition) is 7. The van der Waals surface area contributed by atoms with Crippen LogP contribution in [0.2, 0.25) is 0 Å². The van der Waals surface area contributed by atoms with E-state index in [4.69, 9.17) is 16.2 Å². The summed E-state index contributed by atoms with van der Waals surface area (Å²) < 4.78 is 39.6. The van der Waals surface area contributed by atoms with Crippen molar-refractivity contribution in [1.82, 2.24) is 9.97 Å². The van der Waals surface area contributed by atoms with Crippen molar-refractivity contribution in [3.8, 4) is 11.8 Å². The van der Waals surface area contributed by atoms with Gasteiger partial charge in [0.05, 0.1) is 11.1 Å². The van der Waals surface area contributed by atoms with Crippen molar-refractivity contribution < 1.29 is 18.3 Å². The van der Waals surface area contributed by atoms with Gasteiger partial charge in [-0.05, 0) is 49.5 Å². The number of halogens is 3. The molecule has 0 radical (unpaired) electrons. The molecule has 6 N–H and O–H groups in total. The van der Waals surface area contributed by atoms with Gasteiger partial charge in [0.2, 0.25) is 0 Å². The van der Waals surface area contributed by atoms with Gasteiger partial charge in [-0.15, -0.1) is 0 Å². The predicted molar refractivity (Wildman–Crippen MR) is 151 cm³/mol. The van der Waals surface area contributed by atoms with Crippen LogP contribution in [0.3, 0.4) is 0 Å². The molecule has 0 amide bonds. The summed E-state index contributed by atoms with van der Waals surface area (Å²) in [7, 11) is 0. The number of anilines is 3. The molecule has 10 heteroatoms. The zero-order valence-electron chi connectivity index (χ0n) is 22.0. The number of nitrogens with one attached hydrogen (secondary N) is 3. The molecule has 1 aromatic carbocycles. The van der Waals surface area contributed by atoms with Crippen molar-refractivity contribution in [1.29, 1.82) is 5.41 Å². The highest BCUT2D eigenvalue weighted by Crippen LogP contribution is 2.31. The average Bonchev–Trinajstić information content (AvgIpc) is 2.87. The third-order valence-corrected chi connectivity index (χ3v) is 5.13. The van der Waals surface area contributed by atoms with Crippen LogP contribution in [0.4, 0.5) is 30.5 Å². The van der Waals surface area contributed by atoms with E-state index >= 15 is 0 Å². The normalized spacial score (nSPS) is 12.2. The van der Waals surface area contributed by atoms with Crippen LogP contribution in [-0.4, -0.2) is 33.9 Å². The summed E-state index contributed by atoms with van der Waals surface area (Å²) in [5, 5.41) is 23.5. The Balaban J connectivity index is 2.32. The number of rotatable bonds is 12. The molecular formula is C29H33F3N6O. The minimum absolute atomic E-state index is 0.00569. The third kappa shape index (κ3) is 10.1. The fourth-order valence-corrected chi connectivity index (χ4v) is 3.30. The maximum absolute atomic E-state index is 13.2. The molecule has 0 aliphatic carbocycles. The number of nitrogens with zero attached hydrogens (tertiary/aromatic N) is 2. The third-order valence-electron chi connectivity index (χ3n) is 5.13. The number of nitrogen functional groups attached to an aromatic ring is 1. The van der Waals surface area contributed by atoms with Crippen molar-refractivity contribution in [2.24, 2.45) is 0 Å². The highest BCUT2D eigenvalue weighted by molar-refractivity contribution is 6.16. The average molecular weight is 539 g/mol. The minimum Gasteiger partial charge on any atom is -0.396 e. The Morgan fingerprint density at radius 3 is 2.67 bits per heavy atom. The number of aliphatic hydroxyl groups is 1. The van der Waals surface area contributed by atoms with Gasteiger partial charge in [-0.2, -0.15) is 13.2 Å². The van der Waals surface area contributed by atoms with Crippen LogP contribution in [0.25, 0.3) is 0 Å². The fraction of sp³-hybridized carbons (Fsp3) is 0.276. The molecule has 0 saturated carbocycles. The number of nitrogens with two attached hydrogens (primary N) is 1. The second-order valence-corrected chi connectivity index (χ2v) is 8.44. The van der Waals surface area contributed by atoms with E-state index in [2.05, 4.69) is 39.0 Å². The molecule has 0 unspecified atom stereocenters. The van der Waals surface area contributed by atoms with Crippen molar-refractivity contribution in [2.45, 2.75) is 39.3 Å².